The summed E-state index contributed by atoms with van der Waals surface area (Å²) in [4.78, 5) is 24.7. The molecule has 0 aliphatic carbocycles. The van der Waals surface area contributed by atoms with Crippen LogP contribution in [0.3, 0.4) is 0 Å². The molecular weight excluding hydrogens is 417 g/mol. The number of rotatable bonds is 8. The van der Waals surface area contributed by atoms with Crippen LogP contribution in [0.4, 0.5) is 10.1 Å². The Hall–Kier alpha value is -3.20. The lowest BCUT2D eigenvalue weighted by Gasteiger charge is -2.14. The highest BCUT2D eigenvalue weighted by molar-refractivity contribution is 7.99. The van der Waals surface area contributed by atoms with Gasteiger partial charge in [0, 0.05) is 12.7 Å². The maximum atomic E-state index is 13.8. The first-order valence-electron chi connectivity index (χ1n) is 9.86. The summed E-state index contributed by atoms with van der Waals surface area (Å²) in [5, 5.41) is 14.4. The number of thioether (sulfide) groups is 1. The van der Waals surface area contributed by atoms with E-state index in [0.717, 1.165) is 17.7 Å². The van der Waals surface area contributed by atoms with Gasteiger partial charge in [0.25, 0.3) is 5.91 Å². The Kier molecular flexibility index (Phi) is 7.41. The van der Waals surface area contributed by atoms with Gasteiger partial charge < -0.3 is 15.2 Å². The zero-order valence-corrected chi connectivity index (χ0v) is 18.4. The quantitative estimate of drug-likeness (QED) is 0.520. The molecule has 0 fully saturated rings. The molecule has 31 heavy (non-hydrogen) atoms. The van der Waals surface area contributed by atoms with Gasteiger partial charge in [-0.05, 0) is 37.1 Å². The molecule has 0 saturated heterocycles. The van der Waals surface area contributed by atoms with E-state index in [0.29, 0.717) is 11.0 Å². The molecule has 3 aromatic rings. The summed E-state index contributed by atoms with van der Waals surface area (Å²) in [5.74, 6) is -0.589. The molecule has 0 unspecified atom stereocenters. The van der Waals surface area contributed by atoms with Crippen LogP contribution in [0.15, 0.2) is 53.7 Å². The molecule has 0 aliphatic heterocycles. The van der Waals surface area contributed by atoms with E-state index in [1.54, 1.807) is 24.6 Å². The van der Waals surface area contributed by atoms with E-state index in [4.69, 9.17) is 0 Å². The molecule has 2 aromatic carbocycles. The molecule has 3 rings (SSSR count). The fraction of sp³-hybridized carbons (Fsp3) is 0.273. The third kappa shape index (κ3) is 5.49. The monoisotopic (exact) mass is 441 g/mol. The average molecular weight is 442 g/mol. The normalized spacial score (nSPS) is 11.7. The van der Waals surface area contributed by atoms with Crippen LogP contribution >= 0.6 is 11.8 Å². The summed E-state index contributed by atoms with van der Waals surface area (Å²) in [6.07, 6.45) is 0.826. The van der Waals surface area contributed by atoms with Crippen molar-refractivity contribution < 1.29 is 14.0 Å². The largest absolute Gasteiger partial charge is 0.342 e. The van der Waals surface area contributed by atoms with Crippen molar-refractivity contribution in [3.8, 4) is 0 Å². The fourth-order valence-corrected chi connectivity index (χ4v) is 3.80. The van der Waals surface area contributed by atoms with Crippen molar-refractivity contribution in [2.45, 2.75) is 31.5 Å². The van der Waals surface area contributed by atoms with Crippen molar-refractivity contribution in [3.63, 3.8) is 0 Å². The summed E-state index contributed by atoms with van der Waals surface area (Å²) >= 11 is 1.25. The third-order valence-electron chi connectivity index (χ3n) is 4.73. The molecule has 0 aliphatic rings. The fourth-order valence-electron chi connectivity index (χ4n) is 3.08. The van der Waals surface area contributed by atoms with E-state index >= 15 is 0 Å². The number of nitrogens with one attached hydrogen (secondary N) is 2. The number of anilines is 1. The van der Waals surface area contributed by atoms with Gasteiger partial charge in [-0.25, -0.2) is 4.39 Å². The number of para-hydroxylation sites is 1. The zero-order chi connectivity index (χ0) is 22.4. The topological polar surface area (TPSA) is 88.9 Å². The number of hydrogen-bond acceptors (Lipinski definition) is 5. The second kappa shape index (κ2) is 10.2. The Morgan fingerprint density at radius 2 is 1.84 bits per heavy atom. The van der Waals surface area contributed by atoms with Crippen LogP contribution in [0, 0.1) is 5.82 Å². The molecular formula is C22H24FN5O2S. The van der Waals surface area contributed by atoms with Crippen LogP contribution in [0.1, 0.15) is 41.6 Å². The zero-order valence-electron chi connectivity index (χ0n) is 17.6. The van der Waals surface area contributed by atoms with Crippen LogP contribution in [0.2, 0.25) is 0 Å². The minimum atomic E-state index is -0.586. The second-order valence-corrected chi connectivity index (χ2v) is 7.86. The first-order valence-corrected chi connectivity index (χ1v) is 10.8. The Morgan fingerprint density at radius 1 is 1.13 bits per heavy atom. The molecule has 7 nitrogen and oxygen atoms in total. The van der Waals surface area contributed by atoms with Gasteiger partial charge in [-0.15, -0.1) is 10.2 Å². The molecule has 1 heterocycles. The maximum Gasteiger partial charge on any atom is 0.254 e. The van der Waals surface area contributed by atoms with Crippen molar-refractivity contribution >= 4 is 29.3 Å². The molecule has 162 valence electrons. The predicted molar refractivity (Wildman–Crippen MR) is 118 cm³/mol. The number of carbonyl (C=O) groups excluding carboxylic acids is 2. The van der Waals surface area contributed by atoms with Crippen LogP contribution in [0.25, 0.3) is 0 Å². The maximum absolute atomic E-state index is 13.8. The van der Waals surface area contributed by atoms with Gasteiger partial charge >= 0.3 is 0 Å². The highest BCUT2D eigenvalue weighted by atomic mass is 32.2. The van der Waals surface area contributed by atoms with Gasteiger partial charge in [0.1, 0.15) is 5.82 Å². The van der Waals surface area contributed by atoms with Crippen molar-refractivity contribution in [1.29, 1.82) is 0 Å². The van der Waals surface area contributed by atoms with E-state index in [9.17, 15) is 14.0 Å². The van der Waals surface area contributed by atoms with Gasteiger partial charge in [-0.3, -0.25) is 9.59 Å². The number of benzene rings is 2. The molecule has 2 N–H and O–H groups in total. The Bertz CT molecular complexity index is 1090. The van der Waals surface area contributed by atoms with Gasteiger partial charge in [0.2, 0.25) is 5.91 Å². The minimum Gasteiger partial charge on any atom is -0.342 e. The Balaban J connectivity index is 1.60. The highest BCUT2D eigenvalue weighted by Crippen LogP contribution is 2.21. The Morgan fingerprint density at radius 3 is 2.58 bits per heavy atom. The second-order valence-electron chi connectivity index (χ2n) is 6.92. The van der Waals surface area contributed by atoms with Gasteiger partial charge in [-0.1, -0.05) is 49.0 Å². The molecule has 2 amide bonds. The summed E-state index contributed by atoms with van der Waals surface area (Å²) in [6.45, 7) is 3.78. The number of carbonyl (C=O) groups is 2. The van der Waals surface area contributed by atoms with Gasteiger partial charge in [0.15, 0.2) is 11.0 Å². The average Bonchev–Trinajstić information content (AvgIpc) is 3.13. The molecule has 0 spiro atoms. The summed E-state index contributed by atoms with van der Waals surface area (Å²) in [6, 6.07) is 13.0. The predicted octanol–water partition coefficient (Wildman–Crippen LogP) is 3.74. The molecule has 0 bridgehead atoms. The van der Waals surface area contributed by atoms with Crippen LogP contribution < -0.4 is 10.6 Å². The lowest BCUT2D eigenvalue weighted by Crippen LogP contribution is -2.29. The van der Waals surface area contributed by atoms with Crippen molar-refractivity contribution in [1.82, 2.24) is 20.1 Å². The highest BCUT2D eigenvalue weighted by Gasteiger charge is 2.20. The van der Waals surface area contributed by atoms with E-state index in [-0.39, 0.29) is 17.2 Å². The molecule has 1 atom stereocenters. The smallest absolute Gasteiger partial charge is 0.254 e. The Labute approximate surface area is 184 Å². The summed E-state index contributed by atoms with van der Waals surface area (Å²) < 4.78 is 15.5. The number of hydrogen-bond donors (Lipinski definition) is 2. The molecule has 9 heteroatoms. The standard InChI is InChI=1S/C22H24FN5O2S/c1-4-15-9-5-8-12-18(15)25-19(29)13-31-22-27-26-20(28(22)3)14(2)24-21(30)16-10-6-7-11-17(16)23/h5-12,14H,4,13H2,1-3H3,(H,24,30)(H,25,29)/t14-/m0/s1. The molecule has 0 saturated carbocycles. The molecule has 0 radical (unpaired) electrons. The first kappa shape index (κ1) is 22.5. The van der Waals surface area contributed by atoms with E-state index in [2.05, 4.69) is 20.8 Å². The summed E-state index contributed by atoms with van der Waals surface area (Å²) in [5.41, 5.74) is 1.84. The van der Waals surface area contributed by atoms with Crippen LogP contribution in [0.5, 0.6) is 0 Å². The lowest BCUT2D eigenvalue weighted by molar-refractivity contribution is -0.113. The molecule has 1 aromatic heterocycles. The third-order valence-corrected chi connectivity index (χ3v) is 5.75. The first-order chi connectivity index (χ1) is 14.9. The number of halogens is 1. The van der Waals surface area contributed by atoms with E-state index < -0.39 is 17.8 Å². The number of amides is 2. The lowest BCUT2D eigenvalue weighted by atomic mass is 10.1. The SMILES string of the molecule is CCc1ccccc1NC(=O)CSc1nnc([C@H](C)NC(=O)c2ccccc2F)n1C. The van der Waals surface area contributed by atoms with Crippen molar-refractivity contribution in [2.24, 2.45) is 7.05 Å². The van der Waals surface area contributed by atoms with E-state index in [1.807, 2.05) is 31.2 Å². The number of nitrogens with zero attached hydrogens (tertiary/aromatic N) is 3. The van der Waals surface area contributed by atoms with Crippen molar-refractivity contribution in [2.75, 3.05) is 11.1 Å². The van der Waals surface area contributed by atoms with Gasteiger partial charge in [-0.2, -0.15) is 0 Å². The number of aromatic nitrogens is 3. The van der Waals surface area contributed by atoms with Crippen molar-refractivity contribution in [3.05, 3.63) is 71.3 Å². The van der Waals surface area contributed by atoms with Crippen LogP contribution in [-0.4, -0.2) is 32.3 Å². The van der Waals surface area contributed by atoms with Crippen LogP contribution in [-0.2, 0) is 18.3 Å². The van der Waals surface area contributed by atoms with E-state index in [1.165, 1.54) is 30.0 Å². The summed E-state index contributed by atoms with van der Waals surface area (Å²) in [7, 11) is 1.76. The van der Waals surface area contributed by atoms with Gasteiger partial charge in [0.05, 0.1) is 17.4 Å². The number of aryl methyl sites for hydroxylation is 1. The minimum absolute atomic E-state index is 0.0323.